The third kappa shape index (κ3) is 5.27. The number of hydrazone groups is 1. The minimum absolute atomic E-state index is 0.463. The van der Waals surface area contributed by atoms with Gasteiger partial charge in [0.05, 0.1) is 20.4 Å². The molecule has 0 aliphatic rings. The number of methoxy groups -OCH3 is 2. The van der Waals surface area contributed by atoms with Crippen LogP contribution in [0.15, 0.2) is 53.6 Å². The molecule has 0 fully saturated rings. The van der Waals surface area contributed by atoms with E-state index in [0.717, 1.165) is 11.1 Å². The van der Waals surface area contributed by atoms with Crippen LogP contribution in [-0.2, 0) is 6.54 Å². The lowest BCUT2D eigenvalue weighted by atomic mass is 10.2. The van der Waals surface area contributed by atoms with Crippen molar-refractivity contribution in [3.63, 3.8) is 0 Å². The highest BCUT2D eigenvalue weighted by molar-refractivity contribution is 7.80. The maximum atomic E-state index is 5.25. The van der Waals surface area contributed by atoms with Gasteiger partial charge in [0.25, 0.3) is 0 Å². The van der Waals surface area contributed by atoms with Crippen molar-refractivity contribution in [3.8, 4) is 11.5 Å². The molecule has 2 aromatic carbocycles. The van der Waals surface area contributed by atoms with E-state index in [2.05, 4.69) is 15.8 Å². The first-order chi connectivity index (χ1) is 11.2. The predicted molar refractivity (Wildman–Crippen MR) is 96.2 cm³/mol. The number of rotatable bonds is 6. The molecule has 0 aromatic heterocycles. The molecule has 0 spiro atoms. The van der Waals surface area contributed by atoms with Crippen LogP contribution >= 0.6 is 12.2 Å². The van der Waals surface area contributed by atoms with Crippen molar-refractivity contribution in [2.45, 2.75) is 6.54 Å². The third-order valence-corrected chi connectivity index (χ3v) is 3.32. The maximum absolute atomic E-state index is 5.25. The fraction of sp³-hybridized carbons (Fsp3) is 0.176. The van der Waals surface area contributed by atoms with Crippen LogP contribution in [0.2, 0.25) is 0 Å². The third-order valence-electron chi connectivity index (χ3n) is 3.08. The van der Waals surface area contributed by atoms with Crippen LogP contribution in [0.25, 0.3) is 0 Å². The standard InChI is InChI=1S/C17H19N3O2S/c1-21-15-9-8-14(10-16(15)22-2)12-19-20-17(23)18-11-13-6-4-3-5-7-13/h3-10,12H,11H2,1-2H3,(H2,18,20,23). The molecule has 0 heterocycles. The molecule has 0 unspecified atom stereocenters. The quantitative estimate of drug-likeness (QED) is 0.485. The Kier molecular flexibility index (Phi) is 6.38. The van der Waals surface area contributed by atoms with E-state index in [1.165, 1.54) is 0 Å². The van der Waals surface area contributed by atoms with Gasteiger partial charge in [0.1, 0.15) is 0 Å². The Labute approximate surface area is 141 Å². The van der Waals surface area contributed by atoms with Crippen molar-refractivity contribution < 1.29 is 9.47 Å². The Morgan fingerprint density at radius 2 is 1.83 bits per heavy atom. The first-order valence-corrected chi connectivity index (χ1v) is 7.46. The Hall–Kier alpha value is -2.60. The van der Waals surface area contributed by atoms with Gasteiger partial charge in [-0.1, -0.05) is 30.3 Å². The summed E-state index contributed by atoms with van der Waals surface area (Å²) in [5, 5.41) is 7.66. The second-order valence-corrected chi connectivity index (χ2v) is 5.06. The first kappa shape index (κ1) is 16.8. The van der Waals surface area contributed by atoms with Crippen molar-refractivity contribution in [1.29, 1.82) is 0 Å². The molecule has 2 N–H and O–H groups in total. The van der Waals surface area contributed by atoms with Crippen LogP contribution in [0.1, 0.15) is 11.1 Å². The van der Waals surface area contributed by atoms with Gasteiger partial charge >= 0.3 is 0 Å². The molecule has 2 aromatic rings. The molecule has 0 aliphatic heterocycles. The summed E-state index contributed by atoms with van der Waals surface area (Å²) < 4.78 is 10.4. The summed E-state index contributed by atoms with van der Waals surface area (Å²) in [4.78, 5) is 0. The van der Waals surface area contributed by atoms with Gasteiger partial charge in [-0.15, -0.1) is 0 Å². The monoisotopic (exact) mass is 329 g/mol. The summed E-state index contributed by atoms with van der Waals surface area (Å²) in [5.41, 5.74) is 4.81. The SMILES string of the molecule is COc1ccc(C=NNC(=S)NCc2ccccc2)cc1OC. The predicted octanol–water partition coefficient (Wildman–Crippen LogP) is 2.70. The zero-order valence-electron chi connectivity index (χ0n) is 13.1. The molecular formula is C17H19N3O2S. The number of nitrogens with zero attached hydrogens (tertiary/aromatic N) is 1. The number of ether oxygens (including phenoxy) is 2. The maximum Gasteiger partial charge on any atom is 0.187 e. The van der Waals surface area contributed by atoms with Crippen LogP contribution in [0.4, 0.5) is 0 Å². The normalized spacial score (nSPS) is 10.3. The van der Waals surface area contributed by atoms with Crippen molar-refractivity contribution in [2.75, 3.05) is 14.2 Å². The molecule has 2 rings (SSSR count). The topological polar surface area (TPSA) is 54.9 Å². The summed E-state index contributed by atoms with van der Waals surface area (Å²) in [7, 11) is 3.20. The zero-order valence-corrected chi connectivity index (χ0v) is 13.9. The number of benzene rings is 2. The largest absolute Gasteiger partial charge is 0.493 e. The second kappa shape index (κ2) is 8.75. The molecule has 5 nitrogen and oxygen atoms in total. The van der Waals surface area contributed by atoms with Crippen LogP contribution in [0, 0.1) is 0 Å². The zero-order chi connectivity index (χ0) is 16.5. The second-order valence-electron chi connectivity index (χ2n) is 4.65. The van der Waals surface area contributed by atoms with Gasteiger partial charge in [0.2, 0.25) is 0 Å². The summed E-state index contributed by atoms with van der Waals surface area (Å²) in [6, 6.07) is 15.6. The van der Waals surface area contributed by atoms with E-state index in [9.17, 15) is 0 Å². The van der Waals surface area contributed by atoms with Gasteiger partial charge in [-0.2, -0.15) is 5.10 Å². The van der Waals surface area contributed by atoms with Crippen LogP contribution < -0.4 is 20.2 Å². The molecule has 6 heteroatoms. The average molecular weight is 329 g/mol. The summed E-state index contributed by atoms with van der Waals surface area (Å²) in [5.74, 6) is 1.33. The number of nitrogens with one attached hydrogen (secondary N) is 2. The molecule has 0 atom stereocenters. The van der Waals surface area contributed by atoms with Gasteiger partial charge in [-0.25, -0.2) is 0 Å². The van der Waals surface area contributed by atoms with E-state index in [-0.39, 0.29) is 0 Å². The molecule has 23 heavy (non-hydrogen) atoms. The number of hydrogen-bond donors (Lipinski definition) is 2. The molecule has 120 valence electrons. The van der Waals surface area contributed by atoms with E-state index in [1.807, 2.05) is 48.5 Å². The van der Waals surface area contributed by atoms with Crippen molar-refractivity contribution >= 4 is 23.5 Å². The molecule has 0 radical (unpaired) electrons. The lowest BCUT2D eigenvalue weighted by Gasteiger charge is -2.08. The minimum atomic E-state index is 0.463. The molecule has 0 saturated heterocycles. The highest BCUT2D eigenvalue weighted by atomic mass is 32.1. The Morgan fingerprint density at radius 1 is 1.09 bits per heavy atom. The van der Waals surface area contributed by atoms with Crippen molar-refractivity contribution in [2.24, 2.45) is 5.10 Å². The number of hydrogen-bond acceptors (Lipinski definition) is 4. The summed E-state index contributed by atoms with van der Waals surface area (Å²) in [6.07, 6.45) is 1.67. The number of thiocarbonyl (C=S) groups is 1. The van der Waals surface area contributed by atoms with E-state index >= 15 is 0 Å². The summed E-state index contributed by atoms with van der Waals surface area (Å²) >= 11 is 5.18. The van der Waals surface area contributed by atoms with E-state index in [4.69, 9.17) is 21.7 Å². The Morgan fingerprint density at radius 3 is 2.52 bits per heavy atom. The molecular weight excluding hydrogens is 310 g/mol. The Balaban J connectivity index is 1.85. The molecule has 0 aliphatic carbocycles. The van der Waals surface area contributed by atoms with E-state index < -0.39 is 0 Å². The fourth-order valence-electron chi connectivity index (χ4n) is 1.92. The van der Waals surface area contributed by atoms with Crippen molar-refractivity contribution in [3.05, 3.63) is 59.7 Å². The van der Waals surface area contributed by atoms with Gasteiger partial charge in [-0.3, -0.25) is 5.43 Å². The van der Waals surface area contributed by atoms with E-state index in [1.54, 1.807) is 20.4 Å². The fourth-order valence-corrected chi connectivity index (χ4v) is 2.04. The molecule has 0 amide bonds. The van der Waals surface area contributed by atoms with Gasteiger partial charge in [0.15, 0.2) is 16.6 Å². The smallest absolute Gasteiger partial charge is 0.187 e. The Bertz CT molecular complexity index is 675. The van der Waals surface area contributed by atoms with Crippen molar-refractivity contribution in [1.82, 2.24) is 10.7 Å². The van der Waals surface area contributed by atoms with Gasteiger partial charge in [0, 0.05) is 6.54 Å². The van der Waals surface area contributed by atoms with Gasteiger partial charge in [-0.05, 0) is 41.5 Å². The van der Waals surface area contributed by atoms with Crippen LogP contribution in [-0.4, -0.2) is 25.5 Å². The summed E-state index contributed by atoms with van der Waals surface area (Å²) in [6.45, 7) is 0.651. The minimum Gasteiger partial charge on any atom is -0.493 e. The van der Waals surface area contributed by atoms with Gasteiger partial charge < -0.3 is 14.8 Å². The lowest BCUT2D eigenvalue weighted by molar-refractivity contribution is 0.355. The highest BCUT2D eigenvalue weighted by Crippen LogP contribution is 2.26. The van der Waals surface area contributed by atoms with Crippen LogP contribution in [0.3, 0.4) is 0 Å². The lowest BCUT2D eigenvalue weighted by Crippen LogP contribution is -2.31. The van der Waals surface area contributed by atoms with E-state index in [0.29, 0.717) is 23.2 Å². The molecule has 0 bridgehead atoms. The first-order valence-electron chi connectivity index (χ1n) is 7.06. The molecule has 0 saturated carbocycles. The van der Waals surface area contributed by atoms with Crippen LogP contribution in [0.5, 0.6) is 11.5 Å². The highest BCUT2D eigenvalue weighted by Gasteiger charge is 2.03. The average Bonchev–Trinajstić information content (AvgIpc) is 2.60.